The fourth-order valence-corrected chi connectivity index (χ4v) is 15.1. The Morgan fingerprint density at radius 3 is 2.02 bits per heavy atom. The summed E-state index contributed by atoms with van der Waals surface area (Å²) < 4.78 is 38.8. The second-order valence-corrected chi connectivity index (χ2v) is 22.1. The monoisotopic (exact) mass is 754 g/mol. The van der Waals surface area contributed by atoms with Crippen LogP contribution in [0.1, 0.15) is 93.1 Å². The lowest BCUT2D eigenvalue weighted by Gasteiger charge is -2.65. The third-order valence-electron chi connectivity index (χ3n) is 13.2. The molecule has 2 aliphatic carbocycles. The van der Waals surface area contributed by atoms with Gasteiger partial charge in [0.2, 0.25) is 0 Å². The van der Waals surface area contributed by atoms with E-state index in [1.807, 2.05) is 44.2 Å². The molecule has 0 amide bonds. The van der Waals surface area contributed by atoms with Gasteiger partial charge in [-0.3, -0.25) is 4.79 Å². The van der Waals surface area contributed by atoms with Gasteiger partial charge in [-0.25, -0.2) is 0 Å². The van der Waals surface area contributed by atoms with E-state index in [9.17, 15) is 0 Å². The van der Waals surface area contributed by atoms with Crippen molar-refractivity contribution in [2.24, 2.45) is 16.7 Å². The average molecular weight is 755 g/mol. The Morgan fingerprint density at radius 2 is 1.46 bits per heavy atom. The van der Waals surface area contributed by atoms with E-state index >= 15 is 4.79 Å². The molecule has 0 radical (unpaired) electrons. The number of ether oxygens (including phenoxy) is 5. The molecule has 1 aliphatic heterocycles. The fourth-order valence-electron chi connectivity index (χ4n) is 10.5. The summed E-state index contributed by atoms with van der Waals surface area (Å²) in [4.78, 5) is 15.4. The van der Waals surface area contributed by atoms with Crippen LogP contribution in [0.4, 0.5) is 0 Å². The molecule has 0 spiro atoms. The quantitative estimate of drug-likeness (QED) is 0.128. The molecule has 0 bridgehead atoms. The van der Waals surface area contributed by atoms with E-state index < -0.39 is 31.4 Å². The van der Waals surface area contributed by atoms with E-state index in [-0.39, 0.29) is 28.3 Å². The molecule has 0 unspecified atom stereocenters. The third-order valence-corrected chi connectivity index (χ3v) is 18.2. The number of carbonyl (C=O) groups excluding carboxylic acids is 1. The van der Waals surface area contributed by atoms with Crippen molar-refractivity contribution in [1.82, 2.24) is 0 Å². The van der Waals surface area contributed by atoms with Gasteiger partial charge < -0.3 is 28.1 Å². The van der Waals surface area contributed by atoms with E-state index in [0.29, 0.717) is 26.1 Å². The first-order valence-corrected chi connectivity index (χ1v) is 21.6. The minimum absolute atomic E-state index is 0.0414. The summed E-state index contributed by atoms with van der Waals surface area (Å²) in [5.41, 5.74) is -1.04. The predicted molar refractivity (Wildman–Crippen MR) is 216 cm³/mol. The van der Waals surface area contributed by atoms with E-state index in [0.717, 1.165) is 36.1 Å². The van der Waals surface area contributed by atoms with Crippen molar-refractivity contribution in [3.8, 4) is 5.75 Å². The molecule has 3 aromatic rings. The topological polar surface area (TPSA) is 72.5 Å². The molecule has 1 heterocycles. The zero-order valence-electron chi connectivity index (χ0n) is 34.2. The molecule has 1 saturated heterocycles. The van der Waals surface area contributed by atoms with Crippen LogP contribution in [-0.4, -0.2) is 58.7 Å². The molecule has 0 aromatic heterocycles. The van der Waals surface area contributed by atoms with Crippen LogP contribution in [-0.2, 0) is 34.8 Å². The van der Waals surface area contributed by atoms with Crippen LogP contribution in [0.3, 0.4) is 0 Å². The Labute approximate surface area is 324 Å². The van der Waals surface area contributed by atoms with Gasteiger partial charge in [0, 0.05) is 19.1 Å². The van der Waals surface area contributed by atoms with Gasteiger partial charge in [-0.05, 0) is 96.5 Å². The second-order valence-electron chi connectivity index (χ2n) is 17.8. The summed E-state index contributed by atoms with van der Waals surface area (Å²) in [6.07, 6.45) is 5.52. The molecule has 54 heavy (non-hydrogen) atoms. The van der Waals surface area contributed by atoms with Crippen molar-refractivity contribution in [1.29, 1.82) is 0 Å². The van der Waals surface area contributed by atoms with Gasteiger partial charge in [-0.1, -0.05) is 120 Å². The lowest BCUT2D eigenvalue weighted by molar-refractivity contribution is -0.276. The van der Waals surface area contributed by atoms with Crippen molar-refractivity contribution >= 4 is 24.5 Å². The number of rotatable bonds is 13. The molecule has 6 rings (SSSR count). The maximum atomic E-state index is 15.4. The number of benzene rings is 3. The van der Waals surface area contributed by atoms with Crippen molar-refractivity contribution in [3.05, 3.63) is 102 Å². The van der Waals surface area contributed by atoms with Gasteiger partial charge in [0.05, 0.1) is 19.8 Å². The van der Waals surface area contributed by atoms with Crippen LogP contribution in [0, 0.1) is 16.7 Å². The van der Waals surface area contributed by atoms with E-state index in [2.05, 4.69) is 102 Å². The SMILES string of the molecule is COc1ccc(CO[C@H]2CCC(C)(C)[C@@H]3CC[C@@]4(C)O[C@@H](OC)O[C@@]4(C(=O)/C=C(\C)CCO[Si](c4ccccc4)(c4ccccc4)C(C)(C)C)[C@@]23C)cc1. The van der Waals surface area contributed by atoms with Crippen LogP contribution in [0.5, 0.6) is 5.75 Å². The Kier molecular flexibility index (Phi) is 11.6. The van der Waals surface area contributed by atoms with E-state index in [1.54, 1.807) is 14.2 Å². The molecule has 8 heteroatoms. The molecule has 3 aromatic carbocycles. The molecule has 6 atom stereocenters. The van der Waals surface area contributed by atoms with Gasteiger partial charge in [0.15, 0.2) is 11.4 Å². The molecular weight excluding hydrogens is 693 g/mol. The van der Waals surface area contributed by atoms with Crippen molar-refractivity contribution in [2.75, 3.05) is 20.8 Å². The fraction of sp³-hybridized carbons (Fsp3) is 0.543. The minimum atomic E-state index is -2.74. The normalized spacial score (nSPS) is 29.7. The Balaban J connectivity index is 1.34. The molecule has 0 N–H and O–H groups in total. The first-order valence-electron chi connectivity index (χ1n) is 19.7. The summed E-state index contributed by atoms with van der Waals surface area (Å²) in [5, 5.41) is 2.33. The summed E-state index contributed by atoms with van der Waals surface area (Å²) in [6.45, 7) is 17.8. The van der Waals surface area contributed by atoms with E-state index in [1.165, 1.54) is 10.4 Å². The third kappa shape index (κ3) is 6.85. The van der Waals surface area contributed by atoms with E-state index in [4.69, 9.17) is 28.1 Å². The van der Waals surface area contributed by atoms with Gasteiger partial charge in [-0.2, -0.15) is 0 Å². The molecule has 3 aliphatic rings. The lowest BCUT2D eigenvalue weighted by atomic mass is 9.42. The number of ketones is 1. The second kappa shape index (κ2) is 15.4. The van der Waals surface area contributed by atoms with Crippen LogP contribution < -0.4 is 15.1 Å². The number of carbonyl (C=O) groups is 1. The molecular formula is C46H62O7Si. The average Bonchev–Trinajstić information content (AvgIpc) is 3.48. The highest BCUT2D eigenvalue weighted by Gasteiger charge is 2.78. The largest absolute Gasteiger partial charge is 0.497 e. The van der Waals surface area contributed by atoms with Crippen LogP contribution >= 0.6 is 0 Å². The molecule has 2 saturated carbocycles. The summed E-state index contributed by atoms with van der Waals surface area (Å²) in [7, 11) is 0.511. The van der Waals surface area contributed by atoms with Crippen molar-refractivity contribution < 1.29 is 32.9 Å². The predicted octanol–water partition coefficient (Wildman–Crippen LogP) is 8.77. The highest BCUT2D eigenvalue weighted by atomic mass is 28.4. The number of methoxy groups -OCH3 is 2. The molecule has 7 nitrogen and oxygen atoms in total. The molecule has 3 fully saturated rings. The zero-order valence-corrected chi connectivity index (χ0v) is 35.2. The van der Waals surface area contributed by atoms with Gasteiger partial charge in [0.25, 0.3) is 14.8 Å². The Hall–Kier alpha value is -3.11. The maximum Gasteiger partial charge on any atom is 0.273 e. The van der Waals surface area contributed by atoms with Crippen molar-refractivity contribution in [3.63, 3.8) is 0 Å². The van der Waals surface area contributed by atoms with Gasteiger partial charge in [-0.15, -0.1) is 0 Å². The highest BCUT2D eigenvalue weighted by Crippen LogP contribution is 2.68. The summed E-state index contributed by atoms with van der Waals surface area (Å²) in [5.74, 6) is 0.859. The summed E-state index contributed by atoms with van der Waals surface area (Å²) in [6, 6.07) is 29.3. The maximum absolute atomic E-state index is 15.4. The zero-order chi connectivity index (χ0) is 39.0. The van der Waals surface area contributed by atoms with Crippen LogP contribution in [0.25, 0.3) is 0 Å². The first-order chi connectivity index (χ1) is 25.6. The Morgan fingerprint density at radius 1 is 0.852 bits per heavy atom. The van der Waals surface area contributed by atoms with Gasteiger partial charge in [0.1, 0.15) is 11.4 Å². The standard InChI is InChI=1S/C46H62O7Si/c1-33(27-30-51-54(42(2,3)4,36-17-13-11-14-18-36)37-19-15-12-16-20-37)31-39(47)46-44(7,52-41(49-10)53-46)29-25-38-43(5,6)28-26-40(45(38,46)8)50-32-34-21-23-35(48-9)24-22-34/h11-24,31,38,40-41H,25-30,32H2,1-10H3/b33-31+/t38-,40-,41+,44+,45+,46+/m0/s1. The smallest absolute Gasteiger partial charge is 0.273 e. The first kappa shape index (κ1) is 40.5. The minimum Gasteiger partial charge on any atom is -0.497 e. The van der Waals surface area contributed by atoms with Crippen LogP contribution in [0.2, 0.25) is 5.04 Å². The lowest BCUT2D eigenvalue weighted by Crippen LogP contribution is -2.75. The number of hydrogen-bond acceptors (Lipinski definition) is 7. The Bertz CT molecular complexity index is 1730. The number of fused-ring (bicyclic) bond motifs is 3. The van der Waals surface area contributed by atoms with Crippen molar-refractivity contribution in [2.45, 2.75) is 123 Å². The summed E-state index contributed by atoms with van der Waals surface area (Å²) >= 11 is 0. The molecule has 292 valence electrons. The highest BCUT2D eigenvalue weighted by molar-refractivity contribution is 6.99. The number of hydrogen-bond donors (Lipinski definition) is 0. The van der Waals surface area contributed by atoms with Crippen LogP contribution in [0.15, 0.2) is 96.6 Å². The van der Waals surface area contributed by atoms with Gasteiger partial charge >= 0.3 is 0 Å².